The van der Waals surface area contributed by atoms with Crippen molar-refractivity contribution in [2.75, 3.05) is 0 Å². The van der Waals surface area contributed by atoms with Gasteiger partial charge in [-0.2, -0.15) is 0 Å². The second kappa shape index (κ2) is 3.55. The molecule has 0 fully saturated rings. The first kappa shape index (κ1) is 9.70. The maximum Gasteiger partial charge on any atom is 0.265 e. The van der Waals surface area contributed by atoms with Crippen LogP contribution in [0, 0.1) is 0 Å². The quantitative estimate of drug-likeness (QED) is 0.679. The first-order valence-electron chi connectivity index (χ1n) is 4.04. The molecule has 0 aliphatic heterocycles. The zero-order chi connectivity index (χ0) is 9.19. The maximum atomic E-state index is 8.87. The second-order valence-electron chi connectivity index (χ2n) is 3.94. The van der Waals surface area contributed by atoms with Gasteiger partial charge in [-0.3, -0.25) is 0 Å². The molecule has 2 radical (unpaired) electrons. The molecule has 1 aromatic rings. The highest BCUT2D eigenvalue weighted by Crippen LogP contribution is 1.99. The fraction of sp³-hybridized carbons (Fsp3) is 0.333. The second-order valence-corrected chi connectivity index (χ2v) is 9.82. The highest BCUT2D eigenvalue weighted by molar-refractivity contribution is 6.88. The zero-order valence-corrected chi connectivity index (χ0v) is 9.76. The van der Waals surface area contributed by atoms with Gasteiger partial charge in [0.1, 0.15) is 0 Å². The molecule has 1 N–H and O–H groups in total. The highest BCUT2D eigenvalue weighted by atomic mass is 28.3. The first-order chi connectivity index (χ1) is 5.54. The third-order valence-electron chi connectivity index (χ3n) is 1.88. The van der Waals surface area contributed by atoms with Gasteiger partial charge in [0, 0.05) is 0 Å². The Labute approximate surface area is 77.4 Å². The van der Waals surface area contributed by atoms with Gasteiger partial charge >= 0.3 is 0 Å². The molecular formula is C9H14OSi2. The minimum atomic E-state index is -1.15. The van der Waals surface area contributed by atoms with Crippen molar-refractivity contribution in [3.63, 3.8) is 0 Å². The predicted molar refractivity (Wildman–Crippen MR) is 57.0 cm³/mol. The van der Waals surface area contributed by atoms with E-state index in [1.54, 1.807) is 0 Å². The lowest BCUT2D eigenvalue weighted by Crippen LogP contribution is -2.38. The Balaban J connectivity index is 2.93. The van der Waals surface area contributed by atoms with Crippen LogP contribution in [0.5, 0.6) is 0 Å². The smallest absolute Gasteiger partial charge is 0.265 e. The summed E-state index contributed by atoms with van der Waals surface area (Å²) in [5, 5.41) is 2.47. The molecule has 12 heavy (non-hydrogen) atoms. The van der Waals surface area contributed by atoms with Crippen LogP contribution < -0.4 is 10.4 Å². The fourth-order valence-electron chi connectivity index (χ4n) is 1.04. The molecule has 0 unspecified atom stereocenters. The lowest BCUT2D eigenvalue weighted by molar-refractivity contribution is 0.615. The van der Waals surface area contributed by atoms with Gasteiger partial charge in [0.25, 0.3) is 9.76 Å². The number of rotatable bonds is 2. The van der Waals surface area contributed by atoms with E-state index >= 15 is 0 Å². The Morgan fingerprint density at radius 3 is 1.92 bits per heavy atom. The van der Waals surface area contributed by atoms with Crippen LogP contribution in [-0.4, -0.2) is 22.6 Å². The molecule has 3 heteroatoms. The summed E-state index contributed by atoms with van der Waals surface area (Å²) < 4.78 is 0. The molecule has 1 rings (SSSR count). The van der Waals surface area contributed by atoms with Crippen molar-refractivity contribution in [2.45, 2.75) is 19.6 Å². The van der Waals surface area contributed by atoms with Crippen molar-refractivity contribution in [1.29, 1.82) is 0 Å². The zero-order valence-electron chi connectivity index (χ0n) is 7.76. The van der Waals surface area contributed by atoms with E-state index in [9.17, 15) is 0 Å². The highest BCUT2D eigenvalue weighted by Gasteiger charge is 2.15. The summed E-state index contributed by atoms with van der Waals surface area (Å²) in [6.45, 7) is 6.97. The lowest BCUT2D eigenvalue weighted by Gasteiger charge is -2.16. The van der Waals surface area contributed by atoms with Crippen molar-refractivity contribution < 1.29 is 4.80 Å². The maximum absolute atomic E-state index is 8.87. The molecule has 0 atom stereocenters. The average molecular weight is 194 g/mol. The van der Waals surface area contributed by atoms with Gasteiger partial charge in [-0.15, -0.1) is 0 Å². The van der Waals surface area contributed by atoms with Crippen molar-refractivity contribution in [2.24, 2.45) is 0 Å². The molecule has 64 valence electrons. The van der Waals surface area contributed by atoms with E-state index < -0.39 is 8.07 Å². The van der Waals surface area contributed by atoms with Crippen molar-refractivity contribution in [3.05, 3.63) is 24.3 Å². The van der Waals surface area contributed by atoms with E-state index in [2.05, 4.69) is 31.8 Å². The van der Waals surface area contributed by atoms with Crippen molar-refractivity contribution in [1.82, 2.24) is 0 Å². The molecule has 0 aliphatic rings. The van der Waals surface area contributed by atoms with Crippen LogP contribution in [0.2, 0.25) is 19.6 Å². The standard InChI is InChI=1S/C9H14OSi2/c1-12(2,3)9-6-4-8(11-10)5-7-9/h4-7,10H,1-3H3. The van der Waals surface area contributed by atoms with E-state index in [-0.39, 0.29) is 9.76 Å². The molecule has 0 bridgehead atoms. The SMILES string of the molecule is C[Si](C)(C)c1ccc([Si]O)cc1. The summed E-state index contributed by atoms with van der Waals surface area (Å²) >= 11 is 0. The predicted octanol–water partition coefficient (Wildman–Crippen LogP) is 0.469. The summed E-state index contributed by atoms with van der Waals surface area (Å²) in [5.74, 6) is 0. The van der Waals surface area contributed by atoms with Gasteiger partial charge in [0.05, 0.1) is 8.07 Å². The summed E-state index contributed by atoms with van der Waals surface area (Å²) in [6.07, 6.45) is 0. The van der Waals surface area contributed by atoms with E-state index in [0.717, 1.165) is 5.19 Å². The largest absolute Gasteiger partial charge is 0.428 e. The molecule has 1 aromatic carbocycles. The molecule has 0 saturated carbocycles. The number of hydrogen-bond donors (Lipinski definition) is 1. The molecule has 0 aromatic heterocycles. The summed E-state index contributed by atoms with van der Waals surface area (Å²) in [4.78, 5) is 8.87. The van der Waals surface area contributed by atoms with Crippen LogP contribution in [0.15, 0.2) is 24.3 Å². The Hall–Kier alpha value is -0.386. The van der Waals surface area contributed by atoms with Gasteiger partial charge in [-0.05, 0) is 5.19 Å². The molecule has 0 aliphatic carbocycles. The number of benzene rings is 1. The Morgan fingerprint density at radius 2 is 1.58 bits per heavy atom. The Kier molecular flexibility index (Phi) is 2.87. The molecule has 1 nitrogen and oxygen atoms in total. The third-order valence-corrected chi connectivity index (χ3v) is 4.54. The van der Waals surface area contributed by atoms with Crippen LogP contribution in [0.25, 0.3) is 0 Å². The van der Waals surface area contributed by atoms with Crippen LogP contribution in [0.1, 0.15) is 0 Å². The van der Waals surface area contributed by atoms with Gasteiger partial charge in [-0.25, -0.2) is 0 Å². The number of hydrogen-bond acceptors (Lipinski definition) is 1. The normalized spacial score (nSPS) is 11.7. The van der Waals surface area contributed by atoms with Crippen LogP contribution in [0.4, 0.5) is 0 Å². The average Bonchev–Trinajstić information content (AvgIpc) is 2.03. The van der Waals surface area contributed by atoms with Crippen molar-refractivity contribution in [3.8, 4) is 0 Å². The van der Waals surface area contributed by atoms with Crippen LogP contribution >= 0.6 is 0 Å². The van der Waals surface area contributed by atoms with E-state index in [1.165, 1.54) is 5.19 Å². The summed E-state index contributed by atoms with van der Waals surface area (Å²) in [7, 11) is -1.22. The van der Waals surface area contributed by atoms with Crippen molar-refractivity contribution >= 4 is 28.2 Å². The van der Waals surface area contributed by atoms with E-state index in [1.807, 2.05) is 12.1 Å². The fourth-order valence-corrected chi connectivity index (χ4v) is 2.53. The van der Waals surface area contributed by atoms with Gasteiger partial charge in [0.15, 0.2) is 0 Å². The first-order valence-corrected chi connectivity index (χ1v) is 8.49. The third kappa shape index (κ3) is 2.30. The molecule has 0 heterocycles. The van der Waals surface area contributed by atoms with Gasteiger partial charge < -0.3 is 4.80 Å². The Bertz CT molecular complexity index is 248. The minimum absolute atomic E-state index is 0.0748. The molecule has 0 saturated heterocycles. The van der Waals surface area contributed by atoms with Crippen LogP contribution in [-0.2, 0) is 0 Å². The lowest BCUT2D eigenvalue weighted by atomic mass is 10.4. The summed E-state index contributed by atoms with van der Waals surface area (Å²) in [5.41, 5.74) is 0. The molecule has 0 spiro atoms. The topological polar surface area (TPSA) is 20.2 Å². The van der Waals surface area contributed by atoms with E-state index in [0.29, 0.717) is 0 Å². The summed E-state index contributed by atoms with van der Waals surface area (Å²) in [6, 6.07) is 8.33. The molecule has 0 amide bonds. The Morgan fingerprint density at radius 1 is 1.08 bits per heavy atom. The van der Waals surface area contributed by atoms with Gasteiger partial charge in [-0.1, -0.05) is 49.1 Å². The van der Waals surface area contributed by atoms with E-state index in [4.69, 9.17) is 4.80 Å². The van der Waals surface area contributed by atoms with Gasteiger partial charge in [0.2, 0.25) is 0 Å². The van der Waals surface area contributed by atoms with Crippen LogP contribution in [0.3, 0.4) is 0 Å². The monoisotopic (exact) mass is 194 g/mol. The minimum Gasteiger partial charge on any atom is -0.428 e. The molecular weight excluding hydrogens is 180 g/mol.